The zero-order valence-corrected chi connectivity index (χ0v) is 9.02. The Labute approximate surface area is 82.7 Å². The molecule has 1 heterocycles. The number of hydrogen-bond donors (Lipinski definition) is 0. The van der Waals surface area contributed by atoms with Crippen molar-refractivity contribution in [3.8, 4) is 0 Å². The van der Waals surface area contributed by atoms with Gasteiger partial charge in [0.1, 0.15) is 5.54 Å². The molecule has 0 radical (unpaired) electrons. The summed E-state index contributed by atoms with van der Waals surface area (Å²) in [5.74, 6) is 0. The van der Waals surface area contributed by atoms with Crippen molar-refractivity contribution in [1.82, 2.24) is 9.80 Å². The number of hydrogen-bond acceptors (Lipinski definition) is 2. The van der Waals surface area contributed by atoms with Crippen LogP contribution in [0.4, 0.5) is 13.2 Å². The van der Waals surface area contributed by atoms with E-state index in [4.69, 9.17) is 0 Å². The maximum absolute atomic E-state index is 12.8. The lowest BCUT2D eigenvalue weighted by Crippen LogP contribution is -2.50. The Morgan fingerprint density at radius 3 is 2.07 bits per heavy atom. The van der Waals surface area contributed by atoms with Gasteiger partial charge in [-0.25, -0.2) is 0 Å². The number of rotatable bonds is 1. The molecule has 84 valence electrons. The summed E-state index contributed by atoms with van der Waals surface area (Å²) in [6.07, 6.45) is -3.99. The van der Waals surface area contributed by atoms with E-state index in [1.807, 2.05) is 19.0 Å². The highest BCUT2D eigenvalue weighted by Crippen LogP contribution is 2.42. The van der Waals surface area contributed by atoms with Crippen molar-refractivity contribution in [2.45, 2.75) is 31.1 Å². The van der Waals surface area contributed by atoms with E-state index in [0.29, 0.717) is 6.54 Å². The smallest absolute Gasteiger partial charge is 0.305 e. The highest BCUT2D eigenvalue weighted by atomic mass is 19.4. The summed E-state index contributed by atoms with van der Waals surface area (Å²) in [5, 5.41) is 0. The largest absolute Gasteiger partial charge is 0.406 e. The van der Waals surface area contributed by atoms with Crippen LogP contribution in [0.5, 0.6) is 0 Å². The van der Waals surface area contributed by atoms with Crippen LogP contribution in [0.1, 0.15) is 13.3 Å². The third kappa shape index (κ3) is 1.75. The lowest BCUT2D eigenvalue weighted by atomic mass is 9.96. The van der Waals surface area contributed by atoms with Crippen molar-refractivity contribution >= 4 is 0 Å². The van der Waals surface area contributed by atoms with Gasteiger partial charge in [0.25, 0.3) is 0 Å². The number of likely N-dealkylation sites (tertiary alicyclic amines) is 1. The molecule has 0 aromatic rings. The Kier molecular flexibility index (Phi) is 2.84. The molecule has 0 saturated carbocycles. The normalized spacial score (nSPS) is 35.6. The Morgan fingerprint density at radius 1 is 1.36 bits per heavy atom. The van der Waals surface area contributed by atoms with Gasteiger partial charge in [0, 0.05) is 12.6 Å². The van der Waals surface area contributed by atoms with Gasteiger partial charge in [0.2, 0.25) is 0 Å². The first-order chi connectivity index (χ1) is 6.18. The molecule has 1 fully saturated rings. The van der Waals surface area contributed by atoms with Gasteiger partial charge in [-0.05, 0) is 34.5 Å². The first-order valence-electron chi connectivity index (χ1n) is 4.63. The molecule has 2 atom stereocenters. The topological polar surface area (TPSA) is 6.48 Å². The highest BCUT2D eigenvalue weighted by molar-refractivity contribution is 5.02. The van der Waals surface area contributed by atoms with E-state index in [-0.39, 0.29) is 12.5 Å². The van der Waals surface area contributed by atoms with E-state index in [9.17, 15) is 13.2 Å². The van der Waals surface area contributed by atoms with Gasteiger partial charge in [-0.15, -0.1) is 0 Å². The molecule has 0 amide bonds. The van der Waals surface area contributed by atoms with Gasteiger partial charge < -0.3 is 4.90 Å². The van der Waals surface area contributed by atoms with Gasteiger partial charge in [0.05, 0.1) is 0 Å². The summed E-state index contributed by atoms with van der Waals surface area (Å²) in [5.41, 5.74) is -1.66. The maximum Gasteiger partial charge on any atom is 0.406 e. The molecule has 0 aliphatic carbocycles. The predicted molar refractivity (Wildman–Crippen MR) is 49.2 cm³/mol. The van der Waals surface area contributed by atoms with E-state index < -0.39 is 11.7 Å². The first kappa shape index (κ1) is 11.8. The van der Waals surface area contributed by atoms with Crippen LogP contribution in [0.2, 0.25) is 0 Å². The van der Waals surface area contributed by atoms with Crippen molar-refractivity contribution in [1.29, 1.82) is 0 Å². The van der Waals surface area contributed by atoms with Crippen molar-refractivity contribution < 1.29 is 13.2 Å². The van der Waals surface area contributed by atoms with Crippen molar-refractivity contribution in [2.24, 2.45) is 0 Å². The summed E-state index contributed by atoms with van der Waals surface area (Å²) < 4.78 is 38.3. The SMILES string of the molecule is CN(C)[C@H]1CN(C)[C@](C)(C(F)(F)F)C1. The number of nitrogens with zero attached hydrogens (tertiary/aromatic N) is 2. The fourth-order valence-corrected chi connectivity index (χ4v) is 1.87. The van der Waals surface area contributed by atoms with Gasteiger partial charge in [-0.3, -0.25) is 4.90 Å². The second-order valence-electron chi connectivity index (χ2n) is 4.47. The molecule has 0 aromatic heterocycles. The fraction of sp³-hybridized carbons (Fsp3) is 1.00. The first-order valence-corrected chi connectivity index (χ1v) is 4.63. The second kappa shape index (κ2) is 3.38. The second-order valence-corrected chi connectivity index (χ2v) is 4.47. The van der Waals surface area contributed by atoms with Crippen LogP contribution in [0.15, 0.2) is 0 Å². The molecule has 1 aliphatic rings. The molecule has 2 nitrogen and oxygen atoms in total. The molecule has 0 aromatic carbocycles. The Hall–Kier alpha value is -0.290. The van der Waals surface area contributed by atoms with Gasteiger partial charge in [-0.2, -0.15) is 13.2 Å². The third-order valence-corrected chi connectivity index (χ3v) is 3.30. The molecule has 1 aliphatic heterocycles. The molecule has 0 unspecified atom stereocenters. The summed E-state index contributed by atoms with van der Waals surface area (Å²) in [7, 11) is 5.18. The van der Waals surface area contributed by atoms with Crippen LogP contribution in [0.25, 0.3) is 0 Å². The van der Waals surface area contributed by atoms with Crippen LogP contribution in [-0.4, -0.2) is 55.2 Å². The summed E-state index contributed by atoms with van der Waals surface area (Å²) in [4.78, 5) is 3.26. The molecule has 5 heteroatoms. The number of halogens is 3. The van der Waals surface area contributed by atoms with Gasteiger partial charge in [-0.1, -0.05) is 0 Å². The van der Waals surface area contributed by atoms with Crippen molar-refractivity contribution in [2.75, 3.05) is 27.7 Å². The van der Waals surface area contributed by atoms with Crippen LogP contribution < -0.4 is 0 Å². The molecule has 0 spiro atoms. The molecule has 1 saturated heterocycles. The lowest BCUT2D eigenvalue weighted by molar-refractivity contribution is -0.213. The minimum atomic E-state index is -4.15. The summed E-state index contributed by atoms with van der Waals surface area (Å²) in [6.45, 7) is 1.75. The van der Waals surface area contributed by atoms with Crippen LogP contribution in [-0.2, 0) is 0 Å². The average Bonchev–Trinajstić information content (AvgIpc) is 2.28. The lowest BCUT2D eigenvalue weighted by Gasteiger charge is -2.33. The van der Waals surface area contributed by atoms with Crippen LogP contribution in [0.3, 0.4) is 0 Å². The zero-order chi connectivity index (χ0) is 11.1. The Balaban J connectivity index is 2.83. The average molecular weight is 210 g/mol. The minimum absolute atomic E-state index is 0.00775. The van der Waals surface area contributed by atoms with E-state index in [0.717, 1.165) is 0 Å². The number of likely N-dealkylation sites (N-methyl/N-ethyl adjacent to an activating group) is 2. The predicted octanol–water partition coefficient (Wildman–Crippen LogP) is 1.57. The number of alkyl halides is 3. The quantitative estimate of drug-likeness (QED) is 0.648. The van der Waals surface area contributed by atoms with E-state index in [2.05, 4.69) is 0 Å². The molecule has 1 rings (SSSR count). The Morgan fingerprint density at radius 2 is 1.86 bits per heavy atom. The highest BCUT2D eigenvalue weighted by Gasteiger charge is 2.58. The van der Waals surface area contributed by atoms with Crippen LogP contribution in [0, 0.1) is 0 Å². The van der Waals surface area contributed by atoms with Gasteiger partial charge >= 0.3 is 6.18 Å². The Bertz CT molecular complexity index is 215. The maximum atomic E-state index is 12.8. The van der Waals surface area contributed by atoms with Crippen molar-refractivity contribution in [3.63, 3.8) is 0 Å². The van der Waals surface area contributed by atoms with E-state index >= 15 is 0 Å². The standard InChI is InChI=1S/C9H17F3N2/c1-8(9(10,11)12)5-7(13(2)3)6-14(8)4/h7H,5-6H2,1-4H3/t7-,8+/m1/s1. The summed E-state index contributed by atoms with van der Waals surface area (Å²) in [6, 6.07) is -0.00775. The zero-order valence-electron chi connectivity index (χ0n) is 9.02. The molecular weight excluding hydrogens is 193 g/mol. The molecular formula is C9H17F3N2. The van der Waals surface area contributed by atoms with Crippen LogP contribution >= 0.6 is 0 Å². The molecule has 14 heavy (non-hydrogen) atoms. The molecule has 0 bridgehead atoms. The summed E-state index contributed by atoms with van der Waals surface area (Å²) >= 11 is 0. The third-order valence-electron chi connectivity index (χ3n) is 3.30. The van der Waals surface area contributed by atoms with E-state index in [1.54, 1.807) is 0 Å². The molecule has 0 N–H and O–H groups in total. The van der Waals surface area contributed by atoms with Crippen molar-refractivity contribution in [3.05, 3.63) is 0 Å². The van der Waals surface area contributed by atoms with Gasteiger partial charge in [0.15, 0.2) is 0 Å². The van der Waals surface area contributed by atoms with E-state index in [1.165, 1.54) is 18.9 Å². The minimum Gasteiger partial charge on any atom is -0.305 e. The fourth-order valence-electron chi connectivity index (χ4n) is 1.87. The monoisotopic (exact) mass is 210 g/mol.